The van der Waals surface area contributed by atoms with Gasteiger partial charge in [-0.1, -0.05) is 119 Å². The number of nitrogens with zero attached hydrogens (tertiary/aromatic N) is 2. The van der Waals surface area contributed by atoms with Gasteiger partial charge in [-0.15, -0.1) is 0 Å². The Balaban J connectivity index is 1.32. The lowest BCUT2D eigenvalue weighted by Gasteiger charge is -2.24. The second-order valence-corrected chi connectivity index (χ2v) is 14.3. The van der Waals surface area contributed by atoms with Crippen molar-refractivity contribution in [2.45, 2.75) is 39.5 Å². The van der Waals surface area contributed by atoms with E-state index in [1.54, 1.807) is 0 Å². The van der Waals surface area contributed by atoms with Gasteiger partial charge in [0.15, 0.2) is 0 Å². The van der Waals surface area contributed by atoms with Crippen molar-refractivity contribution in [1.82, 2.24) is 9.55 Å². The monoisotopic (exact) mass is 660 g/mol. The molecule has 51 heavy (non-hydrogen) atoms. The first kappa shape index (κ1) is 29.8. The molecule has 10 rings (SSSR count). The van der Waals surface area contributed by atoms with Gasteiger partial charge in [0.2, 0.25) is 0 Å². The zero-order chi connectivity index (χ0) is 34.4. The molecule has 0 radical (unpaired) electrons. The molecule has 10 aromatic rings. The lowest BCUT2D eigenvalue weighted by Crippen LogP contribution is -2.09. The van der Waals surface area contributed by atoms with E-state index in [0.717, 1.165) is 66.3 Å². The summed E-state index contributed by atoms with van der Waals surface area (Å²) in [5, 5.41) is 6.58. The molecule has 4 heteroatoms. The largest absolute Gasteiger partial charge is 0.456 e. The summed E-state index contributed by atoms with van der Waals surface area (Å²) in [6.45, 7) is 9.20. The van der Waals surface area contributed by atoms with Crippen LogP contribution in [0.5, 0.6) is 0 Å². The molecule has 0 spiro atoms. The van der Waals surface area contributed by atoms with Gasteiger partial charge in [-0.25, -0.2) is 4.98 Å². The molecule has 0 atom stereocenters. The summed E-state index contributed by atoms with van der Waals surface area (Å²) < 4.78 is 15.6. The average molecular weight is 661 g/mol. The quantitative estimate of drug-likeness (QED) is 0.184. The van der Waals surface area contributed by atoms with Crippen molar-refractivity contribution < 1.29 is 8.83 Å². The SMILES string of the molecule is CC(C)c1cc(-c2ccccc2)cc(C(C)C)c1-n1c(-c2cccc3c2oc2cc4c(cc23)oc2ccccc24)nc2ccc3ccccc3c21. The molecule has 246 valence electrons. The third-order valence-corrected chi connectivity index (χ3v) is 10.5. The maximum Gasteiger partial charge on any atom is 0.149 e. The first-order valence-corrected chi connectivity index (χ1v) is 17.9. The van der Waals surface area contributed by atoms with Crippen molar-refractivity contribution in [3.05, 3.63) is 145 Å². The molecule has 0 saturated heterocycles. The van der Waals surface area contributed by atoms with Gasteiger partial charge in [-0.3, -0.25) is 4.57 Å². The first-order valence-electron chi connectivity index (χ1n) is 17.9. The lowest BCUT2D eigenvalue weighted by atomic mass is 9.88. The van der Waals surface area contributed by atoms with Gasteiger partial charge in [0, 0.05) is 26.9 Å². The Hall–Kier alpha value is -6.13. The van der Waals surface area contributed by atoms with Crippen molar-refractivity contribution in [2.24, 2.45) is 0 Å². The Bertz CT molecular complexity index is 2950. The summed E-state index contributed by atoms with van der Waals surface area (Å²) in [4.78, 5) is 5.48. The summed E-state index contributed by atoms with van der Waals surface area (Å²) in [6, 6.07) is 47.4. The minimum Gasteiger partial charge on any atom is -0.456 e. The van der Waals surface area contributed by atoms with E-state index in [9.17, 15) is 0 Å². The first-order chi connectivity index (χ1) is 24.9. The van der Waals surface area contributed by atoms with Crippen molar-refractivity contribution in [1.29, 1.82) is 0 Å². The highest BCUT2D eigenvalue weighted by Crippen LogP contribution is 2.44. The fraction of sp³-hybridized carbons (Fsp3) is 0.128. The van der Waals surface area contributed by atoms with Crippen LogP contribution in [-0.2, 0) is 0 Å². The molecule has 0 unspecified atom stereocenters. The second-order valence-electron chi connectivity index (χ2n) is 14.3. The topological polar surface area (TPSA) is 44.1 Å². The van der Waals surface area contributed by atoms with Crippen LogP contribution in [0.3, 0.4) is 0 Å². The predicted molar refractivity (Wildman–Crippen MR) is 212 cm³/mol. The molecular formula is C47H36N2O2. The van der Waals surface area contributed by atoms with Crippen LogP contribution in [0.1, 0.15) is 50.7 Å². The number of benzene rings is 7. The van der Waals surface area contributed by atoms with Gasteiger partial charge in [-0.2, -0.15) is 0 Å². The standard InChI is InChI=1S/C47H36N2O2/c1-27(2)36-23-31(29-13-6-5-7-14-29)24-37(28(3)4)44(36)49-45-32-16-9-8-15-30(32)21-22-40(45)48-47(49)35-19-12-18-34-39-26-42-38(25-43(39)51-46(34)35)33-17-10-11-20-41(33)50-42/h5-28H,1-4H3. The molecule has 0 aliphatic heterocycles. The minimum absolute atomic E-state index is 0.258. The molecule has 4 nitrogen and oxygen atoms in total. The molecule has 0 fully saturated rings. The predicted octanol–water partition coefficient (Wildman–Crippen LogP) is 13.6. The number of aromatic nitrogens is 2. The molecular weight excluding hydrogens is 625 g/mol. The number of rotatable bonds is 5. The Morgan fingerprint density at radius 2 is 1.16 bits per heavy atom. The van der Waals surface area contributed by atoms with E-state index >= 15 is 0 Å². The van der Waals surface area contributed by atoms with E-state index in [1.807, 2.05) is 12.1 Å². The Morgan fingerprint density at radius 3 is 1.92 bits per heavy atom. The number of fused-ring (bicyclic) bond motifs is 9. The number of para-hydroxylation sites is 2. The lowest BCUT2D eigenvalue weighted by molar-refractivity contribution is 0.664. The van der Waals surface area contributed by atoms with Crippen LogP contribution in [0.4, 0.5) is 0 Å². The van der Waals surface area contributed by atoms with E-state index in [0.29, 0.717) is 0 Å². The zero-order valence-electron chi connectivity index (χ0n) is 29.1. The molecule has 0 amide bonds. The van der Waals surface area contributed by atoms with Crippen LogP contribution < -0.4 is 0 Å². The summed E-state index contributed by atoms with van der Waals surface area (Å²) in [7, 11) is 0. The highest BCUT2D eigenvalue weighted by atomic mass is 16.3. The van der Waals surface area contributed by atoms with E-state index in [1.165, 1.54) is 38.7 Å². The molecule has 7 aromatic carbocycles. The van der Waals surface area contributed by atoms with Crippen LogP contribution >= 0.6 is 0 Å². The van der Waals surface area contributed by atoms with Gasteiger partial charge in [0.05, 0.1) is 22.3 Å². The van der Waals surface area contributed by atoms with Crippen LogP contribution in [-0.4, -0.2) is 9.55 Å². The van der Waals surface area contributed by atoms with E-state index < -0.39 is 0 Å². The maximum atomic E-state index is 6.88. The van der Waals surface area contributed by atoms with Gasteiger partial charge < -0.3 is 8.83 Å². The molecule has 3 aromatic heterocycles. The van der Waals surface area contributed by atoms with Gasteiger partial charge in [0.25, 0.3) is 0 Å². The smallest absolute Gasteiger partial charge is 0.149 e. The Labute approximate surface area is 295 Å². The number of hydrogen-bond donors (Lipinski definition) is 0. The van der Waals surface area contributed by atoms with E-state index in [4.69, 9.17) is 13.8 Å². The average Bonchev–Trinajstić information content (AvgIpc) is 3.84. The molecule has 0 aliphatic rings. The van der Waals surface area contributed by atoms with Gasteiger partial charge in [-0.05, 0) is 81.9 Å². The highest BCUT2D eigenvalue weighted by Gasteiger charge is 2.26. The third-order valence-electron chi connectivity index (χ3n) is 10.5. The maximum absolute atomic E-state index is 6.88. The summed E-state index contributed by atoms with van der Waals surface area (Å²) >= 11 is 0. The van der Waals surface area contributed by atoms with Crippen LogP contribution in [0.15, 0.2) is 142 Å². The normalized spacial score (nSPS) is 12.3. The van der Waals surface area contributed by atoms with Crippen molar-refractivity contribution in [2.75, 3.05) is 0 Å². The number of hydrogen-bond acceptors (Lipinski definition) is 3. The summed E-state index contributed by atoms with van der Waals surface area (Å²) in [5.41, 5.74) is 12.7. The molecule has 3 heterocycles. The fourth-order valence-corrected chi connectivity index (χ4v) is 8.04. The number of furan rings is 2. The molecule has 0 saturated carbocycles. The zero-order valence-corrected chi connectivity index (χ0v) is 29.1. The van der Waals surface area contributed by atoms with Crippen LogP contribution in [0.25, 0.3) is 93.9 Å². The van der Waals surface area contributed by atoms with E-state index in [-0.39, 0.29) is 11.8 Å². The van der Waals surface area contributed by atoms with Gasteiger partial charge in [0.1, 0.15) is 28.2 Å². The van der Waals surface area contributed by atoms with Crippen LogP contribution in [0, 0.1) is 0 Å². The second kappa shape index (κ2) is 11.2. The van der Waals surface area contributed by atoms with Gasteiger partial charge >= 0.3 is 0 Å². The number of imidazole rings is 1. The molecule has 0 aliphatic carbocycles. The third kappa shape index (κ3) is 4.49. The summed E-state index contributed by atoms with van der Waals surface area (Å²) in [5.74, 6) is 1.39. The molecule has 0 bridgehead atoms. The minimum atomic E-state index is 0.258. The Kier molecular flexibility index (Phi) is 6.53. The van der Waals surface area contributed by atoms with Crippen molar-refractivity contribution in [3.8, 4) is 28.2 Å². The van der Waals surface area contributed by atoms with Crippen molar-refractivity contribution >= 4 is 65.7 Å². The van der Waals surface area contributed by atoms with E-state index in [2.05, 4.69) is 154 Å². The highest BCUT2D eigenvalue weighted by molar-refractivity contribution is 6.17. The fourth-order valence-electron chi connectivity index (χ4n) is 8.04. The molecule has 0 N–H and O–H groups in total. The van der Waals surface area contributed by atoms with Crippen molar-refractivity contribution in [3.63, 3.8) is 0 Å². The Morgan fingerprint density at radius 1 is 0.510 bits per heavy atom. The summed E-state index contributed by atoms with van der Waals surface area (Å²) in [6.07, 6.45) is 0. The van der Waals surface area contributed by atoms with Crippen LogP contribution in [0.2, 0.25) is 0 Å².